The molecule has 0 radical (unpaired) electrons. The molecule has 0 aliphatic carbocycles. The van der Waals surface area contributed by atoms with Crippen LogP contribution in [0.3, 0.4) is 0 Å². The second-order valence-corrected chi connectivity index (χ2v) is 4.25. The normalized spacial score (nSPS) is 10.2. The first-order valence-corrected chi connectivity index (χ1v) is 6.30. The molecule has 1 aromatic carbocycles. The van der Waals surface area contributed by atoms with Gasteiger partial charge in [-0.25, -0.2) is 0 Å². The molecule has 0 aliphatic rings. The van der Waals surface area contributed by atoms with E-state index < -0.39 is 4.92 Å². The number of nitro benzene ring substituents is 1. The molecule has 0 fully saturated rings. The van der Waals surface area contributed by atoms with Crippen molar-refractivity contribution in [3.63, 3.8) is 0 Å². The highest BCUT2D eigenvalue weighted by atomic mass is 16.6. The molecule has 110 valence electrons. The largest absolute Gasteiger partial charge is 0.618 e. The lowest BCUT2D eigenvalue weighted by atomic mass is 10.2. The molecule has 0 unspecified atom stereocenters. The van der Waals surface area contributed by atoms with E-state index in [1.807, 2.05) is 0 Å². The van der Waals surface area contributed by atoms with Gasteiger partial charge in [-0.15, -0.1) is 0 Å². The molecular weight excluding hydrogens is 276 g/mol. The Kier molecular flexibility index (Phi) is 4.22. The summed E-state index contributed by atoms with van der Waals surface area (Å²) in [6, 6.07) is 7.45. The minimum absolute atomic E-state index is 0.127. The van der Waals surface area contributed by atoms with E-state index in [-0.39, 0.29) is 11.4 Å². The first-order valence-electron chi connectivity index (χ1n) is 6.30. The van der Waals surface area contributed by atoms with Crippen molar-refractivity contribution in [2.75, 3.05) is 6.61 Å². The van der Waals surface area contributed by atoms with Crippen LogP contribution < -0.4 is 14.2 Å². The number of nitro groups is 1. The van der Waals surface area contributed by atoms with Crippen molar-refractivity contribution in [3.8, 4) is 17.2 Å². The molecule has 0 bridgehead atoms. The van der Waals surface area contributed by atoms with Crippen molar-refractivity contribution in [1.29, 1.82) is 0 Å². The fourth-order valence-electron chi connectivity index (χ4n) is 1.71. The van der Waals surface area contributed by atoms with Crippen molar-refractivity contribution in [2.24, 2.45) is 0 Å². The third-order valence-corrected chi connectivity index (χ3v) is 2.74. The maximum atomic E-state index is 11.5. The van der Waals surface area contributed by atoms with Gasteiger partial charge in [0.1, 0.15) is 5.75 Å². The van der Waals surface area contributed by atoms with Crippen LogP contribution in [-0.2, 0) is 0 Å². The predicted octanol–water partition coefficient (Wildman–Crippen LogP) is 2.73. The number of benzene rings is 1. The molecular formula is C14H14N2O5. The Morgan fingerprint density at radius 1 is 1.24 bits per heavy atom. The fourth-order valence-corrected chi connectivity index (χ4v) is 1.71. The number of rotatable bonds is 5. The van der Waals surface area contributed by atoms with Gasteiger partial charge in [-0.3, -0.25) is 10.1 Å². The van der Waals surface area contributed by atoms with Crippen LogP contribution in [-0.4, -0.2) is 11.5 Å². The maximum absolute atomic E-state index is 11.5. The van der Waals surface area contributed by atoms with Gasteiger partial charge >= 0.3 is 5.69 Å². The molecule has 2 rings (SSSR count). The highest BCUT2D eigenvalue weighted by Gasteiger charge is 2.16. The molecule has 0 aliphatic heterocycles. The average molecular weight is 290 g/mol. The number of pyridine rings is 1. The molecule has 7 nitrogen and oxygen atoms in total. The summed E-state index contributed by atoms with van der Waals surface area (Å²) in [6.07, 6.45) is 1.29. The number of aromatic nitrogens is 1. The number of aryl methyl sites for hydroxylation is 1. The maximum Gasteiger partial charge on any atom is 0.311 e. The smallest absolute Gasteiger partial charge is 0.311 e. The van der Waals surface area contributed by atoms with Gasteiger partial charge in [-0.05, 0) is 19.1 Å². The van der Waals surface area contributed by atoms with Crippen LogP contribution in [0.15, 0.2) is 36.5 Å². The molecule has 21 heavy (non-hydrogen) atoms. The van der Waals surface area contributed by atoms with E-state index >= 15 is 0 Å². The lowest BCUT2D eigenvalue weighted by molar-refractivity contribution is -0.612. The van der Waals surface area contributed by atoms with Crippen LogP contribution in [0, 0.1) is 22.2 Å². The summed E-state index contributed by atoms with van der Waals surface area (Å²) in [5.74, 6) is 0.821. The Bertz CT molecular complexity index is 672. The van der Waals surface area contributed by atoms with E-state index in [2.05, 4.69) is 0 Å². The SMILES string of the molecule is CCOc1cc(Oc2ccc(C)[n+]([O-])c2)ccc1[N+](=O)[O-]. The van der Waals surface area contributed by atoms with Crippen LogP contribution in [0.2, 0.25) is 0 Å². The van der Waals surface area contributed by atoms with Gasteiger partial charge < -0.3 is 14.7 Å². The molecule has 2 aromatic rings. The number of hydrogen-bond donors (Lipinski definition) is 0. The minimum Gasteiger partial charge on any atom is -0.618 e. The summed E-state index contributed by atoms with van der Waals surface area (Å²) in [6.45, 7) is 3.71. The van der Waals surface area contributed by atoms with E-state index in [1.54, 1.807) is 26.0 Å². The first-order chi connectivity index (χ1) is 10.0. The van der Waals surface area contributed by atoms with Gasteiger partial charge in [0.25, 0.3) is 0 Å². The van der Waals surface area contributed by atoms with Crippen molar-refractivity contribution >= 4 is 5.69 Å². The summed E-state index contributed by atoms with van der Waals surface area (Å²) >= 11 is 0. The van der Waals surface area contributed by atoms with Gasteiger partial charge in [-0.2, -0.15) is 4.73 Å². The monoisotopic (exact) mass is 290 g/mol. The second kappa shape index (κ2) is 6.08. The average Bonchev–Trinajstić information content (AvgIpc) is 2.43. The quantitative estimate of drug-likeness (QED) is 0.365. The van der Waals surface area contributed by atoms with Crippen molar-refractivity contribution in [2.45, 2.75) is 13.8 Å². The van der Waals surface area contributed by atoms with Gasteiger partial charge in [0.05, 0.1) is 11.5 Å². The van der Waals surface area contributed by atoms with Crippen molar-refractivity contribution in [1.82, 2.24) is 0 Å². The predicted molar refractivity (Wildman–Crippen MR) is 74.5 cm³/mol. The summed E-state index contributed by atoms with van der Waals surface area (Å²) in [5.41, 5.74) is 0.410. The summed E-state index contributed by atoms with van der Waals surface area (Å²) < 4.78 is 11.4. The summed E-state index contributed by atoms with van der Waals surface area (Å²) in [7, 11) is 0. The zero-order valence-corrected chi connectivity index (χ0v) is 11.6. The van der Waals surface area contributed by atoms with Crippen LogP contribution in [0.5, 0.6) is 17.2 Å². The molecule has 0 amide bonds. The summed E-state index contributed by atoms with van der Waals surface area (Å²) in [5, 5.41) is 22.4. The third kappa shape index (κ3) is 3.38. The van der Waals surface area contributed by atoms with E-state index in [4.69, 9.17) is 9.47 Å². The fraction of sp³-hybridized carbons (Fsp3) is 0.214. The molecule has 0 saturated carbocycles. The molecule has 0 saturated heterocycles. The third-order valence-electron chi connectivity index (χ3n) is 2.74. The highest BCUT2D eigenvalue weighted by molar-refractivity contribution is 5.51. The number of hydrogen-bond acceptors (Lipinski definition) is 5. The Morgan fingerprint density at radius 2 is 1.95 bits per heavy atom. The van der Waals surface area contributed by atoms with Gasteiger partial charge in [0.2, 0.25) is 11.9 Å². The Labute approximate surface area is 121 Å². The molecule has 0 atom stereocenters. The zero-order chi connectivity index (χ0) is 15.4. The van der Waals surface area contributed by atoms with E-state index in [0.717, 1.165) is 0 Å². The van der Waals surface area contributed by atoms with Gasteiger partial charge in [0.15, 0.2) is 11.4 Å². The molecule has 0 spiro atoms. The Balaban J connectivity index is 2.29. The molecule has 1 heterocycles. The summed E-state index contributed by atoms with van der Waals surface area (Å²) in [4.78, 5) is 10.4. The van der Waals surface area contributed by atoms with E-state index in [0.29, 0.717) is 28.5 Å². The molecule has 1 aromatic heterocycles. The zero-order valence-electron chi connectivity index (χ0n) is 11.6. The van der Waals surface area contributed by atoms with Crippen molar-refractivity contribution in [3.05, 3.63) is 57.5 Å². The van der Waals surface area contributed by atoms with E-state index in [9.17, 15) is 15.3 Å². The van der Waals surface area contributed by atoms with Gasteiger partial charge in [-0.1, -0.05) is 0 Å². The van der Waals surface area contributed by atoms with Crippen LogP contribution in [0.4, 0.5) is 5.69 Å². The minimum atomic E-state index is -0.522. The standard InChI is InChI=1S/C14H14N2O5/c1-3-20-14-8-11(6-7-13(14)16(18)19)21-12-5-4-10(2)15(17)9-12/h4-9H,3H2,1-2H3. The van der Waals surface area contributed by atoms with Crippen LogP contribution in [0.25, 0.3) is 0 Å². The highest BCUT2D eigenvalue weighted by Crippen LogP contribution is 2.33. The lowest BCUT2D eigenvalue weighted by Gasteiger charge is -2.09. The molecule has 7 heteroatoms. The van der Waals surface area contributed by atoms with Crippen LogP contribution in [0.1, 0.15) is 12.6 Å². The number of nitrogens with zero attached hydrogens (tertiary/aromatic N) is 2. The second-order valence-electron chi connectivity index (χ2n) is 4.25. The van der Waals surface area contributed by atoms with Gasteiger partial charge in [0, 0.05) is 25.1 Å². The lowest BCUT2D eigenvalue weighted by Crippen LogP contribution is -2.28. The van der Waals surface area contributed by atoms with E-state index in [1.165, 1.54) is 24.4 Å². The Hall–Kier alpha value is -2.83. The topological polar surface area (TPSA) is 88.5 Å². The first kappa shape index (κ1) is 14.6. The Morgan fingerprint density at radius 3 is 2.57 bits per heavy atom. The van der Waals surface area contributed by atoms with Crippen LogP contribution >= 0.6 is 0 Å². The molecule has 0 N–H and O–H groups in total. The number of ether oxygens (including phenoxy) is 2. The van der Waals surface area contributed by atoms with Crippen molar-refractivity contribution < 1.29 is 19.1 Å².